The molecule has 0 saturated heterocycles. The summed E-state index contributed by atoms with van der Waals surface area (Å²) in [5, 5.41) is 0. The van der Waals surface area contributed by atoms with Crippen LogP contribution in [-0.2, 0) is 9.53 Å². The second-order valence-electron chi connectivity index (χ2n) is 4.45. The molecule has 24 heavy (non-hydrogen) atoms. The second-order valence-corrected chi connectivity index (χ2v) is 4.45. The molecule has 1 heterocycles. The van der Waals surface area contributed by atoms with Crippen LogP contribution in [-0.4, -0.2) is 48.4 Å². The van der Waals surface area contributed by atoms with Crippen LogP contribution >= 0.6 is 0 Å². The molecule has 9 nitrogen and oxygen atoms in total. The van der Waals surface area contributed by atoms with Gasteiger partial charge in [-0.3, -0.25) is 0 Å². The summed E-state index contributed by atoms with van der Waals surface area (Å²) in [7, 11) is 4.15. The molecule has 0 aliphatic carbocycles. The molecule has 0 saturated carbocycles. The van der Waals surface area contributed by atoms with E-state index in [1.165, 1.54) is 21.3 Å². The number of methoxy groups -OCH3 is 3. The number of hydrogen-bond acceptors (Lipinski definition) is 9. The van der Waals surface area contributed by atoms with E-state index in [0.29, 0.717) is 11.5 Å². The van der Waals surface area contributed by atoms with E-state index in [0.717, 1.165) is 0 Å². The molecule has 1 atom stereocenters. The summed E-state index contributed by atoms with van der Waals surface area (Å²) >= 11 is 0. The van der Waals surface area contributed by atoms with Crippen LogP contribution in [0.15, 0.2) is 24.3 Å². The van der Waals surface area contributed by atoms with Gasteiger partial charge in [0.15, 0.2) is 6.10 Å². The van der Waals surface area contributed by atoms with Crippen LogP contribution in [0.2, 0.25) is 0 Å². The van der Waals surface area contributed by atoms with Crippen LogP contribution in [0, 0.1) is 0 Å². The number of rotatable bonds is 7. The SMILES string of the molecule is COC(=O)C(C)Oc1ccc(Oc2nc(OC)nc(OC)n2)cc1. The Morgan fingerprint density at radius 3 is 1.88 bits per heavy atom. The molecular weight excluding hydrogens is 318 g/mol. The smallest absolute Gasteiger partial charge is 0.346 e. The number of hydrogen-bond donors (Lipinski definition) is 0. The van der Waals surface area contributed by atoms with Crippen LogP contribution in [0.1, 0.15) is 6.92 Å². The van der Waals surface area contributed by atoms with Crippen molar-refractivity contribution in [2.75, 3.05) is 21.3 Å². The molecular formula is C15H17N3O6. The van der Waals surface area contributed by atoms with E-state index in [2.05, 4.69) is 19.7 Å². The van der Waals surface area contributed by atoms with Crippen molar-refractivity contribution in [2.24, 2.45) is 0 Å². The minimum Gasteiger partial charge on any atom is -0.479 e. The Hall–Kier alpha value is -3.10. The van der Waals surface area contributed by atoms with E-state index in [-0.39, 0.29) is 18.0 Å². The van der Waals surface area contributed by atoms with Gasteiger partial charge in [0.2, 0.25) is 0 Å². The molecule has 1 aromatic heterocycles. The number of aromatic nitrogens is 3. The second kappa shape index (κ2) is 7.95. The fraction of sp³-hybridized carbons (Fsp3) is 0.333. The number of benzene rings is 1. The zero-order valence-corrected chi connectivity index (χ0v) is 13.7. The lowest BCUT2D eigenvalue weighted by Gasteiger charge is -2.12. The standard InChI is InChI=1S/C15H17N3O6/c1-9(12(19)20-2)23-10-5-7-11(8-6-10)24-15-17-13(21-3)16-14(18-15)22-4/h5-9H,1-4H3. The molecule has 0 bridgehead atoms. The van der Waals surface area contributed by atoms with E-state index in [9.17, 15) is 4.79 Å². The number of carbonyl (C=O) groups is 1. The minimum absolute atomic E-state index is 0.0234. The van der Waals surface area contributed by atoms with Crippen LogP contribution in [0.5, 0.6) is 29.5 Å². The monoisotopic (exact) mass is 335 g/mol. The fourth-order valence-electron chi connectivity index (χ4n) is 1.66. The summed E-state index contributed by atoms with van der Waals surface area (Å²) < 4.78 is 25.4. The van der Waals surface area contributed by atoms with E-state index in [1.807, 2.05) is 0 Å². The summed E-state index contributed by atoms with van der Waals surface area (Å²) in [5.74, 6) is 0.495. The Labute approximate surface area is 138 Å². The average Bonchev–Trinajstić information content (AvgIpc) is 2.62. The average molecular weight is 335 g/mol. The maximum atomic E-state index is 11.3. The van der Waals surface area contributed by atoms with Gasteiger partial charge < -0.3 is 23.7 Å². The van der Waals surface area contributed by atoms with Gasteiger partial charge in [-0.15, -0.1) is 15.0 Å². The van der Waals surface area contributed by atoms with Gasteiger partial charge in [-0.1, -0.05) is 0 Å². The summed E-state index contributed by atoms with van der Waals surface area (Å²) in [6, 6.07) is 6.74. The normalized spacial score (nSPS) is 11.3. The van der Waals surface area contributed by atoms with E-state index >= 15 is 0 Å². The van der Waals surface area contributed by atoms with Gasteiger partial charge in [-0.05, 0) is 31.2 Å². The van der Waals surface area contributed by atoms with Gasteiger partial charge in [0.25, 0.3) is 0 Å². The predicted octanol–water partition coefficient (Wildman–Crippen LogP) is 1.62. The molecule has 9 heteroatoms. The van der Waals surface area contributed by atoms with Crippen molar-refractivity contribution >= 4 is 5.97 Å². The summed E-state index contributed by atoms with van der Waals surface area (Å²) in [5.41, 5.74) is 0. The first kappa shape index (κ1) is 17.3. The third kappa shape index (κ3) is 4.45. The first-order valence-corrected chi connectivity index (χ1v) is 6.92. The largest absolute Gasteiger partial charge is 0.479 e. The molecule has 0 aliphatic rings. The highest BCUT2D eigenvalue weighted by Crippen LogP contribution is 2.24. The zero-order chi connectivity index (χ0) is 17.5. The molecule has 0 amide bonds. The highest BCUT2D eigenvalue weighted by atomic mass is 16.6. The molecule has 1 unspecified atom stereocenters. The molecule has 0 N–H and O–H groups in total. The number of nitrogens with zero attached hydrogens (tertiary/aromatic N) is 3. The molecule has 2 aromatic rings. The van der Waals surface area contributed by atoms with Crippen LogP contribution in [0.4, 0.5) is 0 Å². The number of ether oxygens (including phenoxy) is 5. The first-order valence-electron chi connectivity index (χ1n) is 6.92. The maximum Gasteiger partial charge on any atom is 0.346 e. The van der Waals surface area contributed by atoms with Crippen LogP contribution in [0.3, 0.4) is 0 Å². The molecule has 0 spiro atoms. The van der Waals surface area contributed by atoms with Crippen molar-refractivity contribution in [3.05, 3.63) is 24.3 Å². The highest BCUT2D eigenvalue weighted by Gasteiger charge is 2.15. The summed E-state index contributed by atoms with van der Waals surface area (Å²) in [6.45, 7) is 1.60. The van der Waals surface area contributed by atoms with Gasteiger partial charge in [-0.2, -0.15) is 0 Å². The Morgan fingerprint density at radius 1 is 0.875 bits per heavy atom. The van der Waals surface area contributed by atoms with Crippen LogP contribution < -0.4 is 18.9 Å². The topological polar surface area (TPSA) is 102 Å². The van der Waals surface area contributed by atoms with Gasteiger partial charge in [0, 0.05) is 0 Å². The lowest BCUT2D eigenvalue weighted by atomic mass is 10.3. The number of esters is 1. The Kier molecular flexibility index (Phi) is 5.72. The van der Waals surface area contributed by atoms with E-state index in [1.54, 1.807) is 31.2 Å². The molecule has 0 fully saturated rings. The van der Waals surface area contributed by atoms with Gasteiger partial charge in [0.1, 0.15) is 11.5 Å². The van der Waals surface area contributed by atoms with E-state index < -0.39 is 12.1 Å². The lowest BCUT2D eigenvalue weighted by molar-refractivity contribution is -0.147. The molecule has 128 valence electrons. The maximum absolute atomic E-state index is 11.3. The highest BCUT2D eigenvalue weighted by molar-refractivity contribution is 5.74. The number of carbonyl (C=O) groups excluding carboxylic acids is 1. The van der Waals surface area contributed by atoms with Gasteiger partial charge in [0.05, 0.1) is 21.3 Å². The Morgan fingerprint density at radius 2 is 1.38 bits per heavy atom. The summed E-state index contributed by atoms with van der Waals surface area (Å²) in [4.78, 5) is 23.1. The molecule has 0 radical (unpaired) electrons. The minimum atomic E-state index is -0.709. The zero-order valence-electron chi connectivity index (χ0n) is 13.7. The Bertz CT molecular complexity index is 670. The molecule has 0 aliphatic heterocycles. The van der Waals surface area contributed by atoms with Crippen molar-refractivity contribution < 1.29 is 28.5 Å². The summed E-state index contributed by atoms with van der Waals surface area (Å²) in [6.07, 6.45) is -0.709. The van der Waals surface area contributed by atoms with E-state index in [4.69, 9.17) is 18.9 Å². The molecule has 1 aromatic carbocycles. The van der Waals surface area contributed by atoms with Crippen molar-refractivity contribution in [1.29, 1.82) is 0 Å². The van der Waals surface area contributed by atoms with Gasteiger partial charge >= 0.3 is 24.0 Å². The first-order chi connectivity index (χ1) is 11.5. The third-order valence-corrected chi connectivity index (χ3v) is 2.82. The quantitative estimate of drug-likeness (QED) is 0.698. The van der Waals surface area contributed by atoms with Crippen molar-refractivity contribution in [1.82, 2.24) is 15.0 Å². The van der Waals surface area contributed by atoms with Crippen molar-refractivity contribution in [2.45, 2.75) is 13.0 Å². The van der Waals surface area contributed by atoms with Gasteiger partial charge in [-0.25, -0.2) is 4.79 Å². The third-order valence-electron chi connectivity index (χ3n) is 2.82. The van der Waals surface area contributed by atoms with Crippen LogP contribution in [0.25, 0.3) is 0 Å². The predicted molar refractivity (Wildman–Crippen MR) is 81.6 cm³/mol. The van der Waals surface area contributed by atoms with Crippen molar-refractivity contribution in [3.8, 4) is 29.5 Å². The Balaban J connectivity index is 2.07. The van der Waals surface area contributed by atoms with Crippen molar-refractivity contribution in [3.63, 3.8) is 0 Å². The lowest BCUT2D eigenvalue weighted by Crippen LogP contribution is -2.24. The molecule has 2 rings (SSSR count). The fourth-order valence-corrected chi connectivity index (χ4v) is 1.66.